The third-order valence-electron chi connectivity index (χ3n) is 2.03. The number of anilines is 1. The molecule has 102 valence electrons. The van der Waals surface area contributed by atoms with E-state index in [2.05, 4.69) is 11.9 Å². The van der Waals surface area contributed by atoms with E-state index in [0.29, 0.717) is 18.2 Å². The summed E-state index contributed by atoms with van der Waals surface area (Å²) in [6.45, 7) is 9.38. The Labute approximate surface area is 105 Å². The highest BCUT2D eigenvalue weighted by Gasteiger charge is 2.31. The predicted octanol–water partition coefficient (Wildman–Crippen LogP) is 5.21. The van der Waals surface area contributed by atoms with Crippen molar-refractivity contribution in [1.29, 1.82) is 0 Å². The Morgan fingerprint density at radius 1 is 1.28 bits per heavy atom. The zero-order valence-corrected chi connectivity index (χ0v) is 10.7. The molecule has 0 radical (unpaired) electrons. The molecule has 0 aliphatic heterocycles. The van der Waals surface area contributed by atoms with E-state index >= 15 is 0 Å². The molecule has 1 N–H and O–H groups in total. The Kier molecular flexibility index (Phi) is 6.44. The van der Waals surface area contributed by atoms with Crippen LogP contribution >= 0.6 is 0 Å². The average Bonchev–Trinajstić information content (AvgIpc) is 2.32. The van der Waals surface area contributed by atoms with Gasteiger partial charge in [0.1, 0.15) is 5.82 Å². The lowest BCUT2D eigenvalue weighted by Crippen LogP contribution is -2.07. The van der Waals surface area contributed by atoms with Crippen molar-refractivity contribution in [2.24, 2.45) is 0 Å². The fourth-order valence-corrected chi connectivity index (χ4v) is 1.07. The summed E-state index contributed by atoms with van der Waals surface area (Å²) in [5.41, 5.74) is -0.462. The number of hydrogen-bond donors (Lipinski definition) is 1. The van der Waals surface area contributed by atoms with E-state index in [1.807, 2.05) is 13.8 Å². The van der Waals surface area contributed by atoms with E-state index in [0.717, 1.165) is 12.1 Å². The van der Waals surface area contributed by atoms with Gasteiger partial charge in [-0.3, -0.25) is 0 Å². The molecule has 0 aliphatic carbocycles. The molecule has 1 aromatic rings. The molecular weight excluding hydrogens is 246 g/mol. The van der Waals surface area contributed by atoms with Gasteiger partial charge < -0.3 is 5.32 Å². The first-order chi connectivity index (χ1) is 8.34. The van der Waals surface area contributed by atoms with Gasteiger partial charge in [-0.1, -0.05) is 27.4 Å². The summed E-state index contributed by atoms with van der Waals surface area (Å²) >= 11 is 0. The van der Waals surface area contributed by atoms with Crippen molar-refractivity contribution < 1.29 is 17.6 Å². The number of allylic oxidation sites excluding steroid dienone is 1. The molecular formula is C13H17F4N. The summed E-state index contributed by atoms with van der Waals surface area (Å²) in [6, 6.07) is 2.35. The van der Waals surface area contributed by atoms with E-state index in [9.17, 15) is 17.6 Å². The molecule has 0 saturated heterocycles. The van der Waals surface area contributed by atoms with E-state index in [1.54, 1.807) is 6.92 Å². The van der Waals surface area contributed by atoms with Crippen LogP contribution in [0.15, 0.2) is 30.5 Å². The lowest BCUT2D eigenvalue weighted by molar-refractivity contribution is -0.137. The van der Waals surface area contributed by atoms with E-state index in [4.69, 9.17) is 0 Å². The Morgan fingerprint density at radius 2 is 1.83 bits per heavy atom. The van der Waals surface area contributed by atoms with E-state index < -0.39 is 17.6 Å². The molecule has 0 bridgehead atoms. The molecule has 0 fully saturated rings. The van der Waals surface area contributed by atoms with Crippen LogP contribution in [0.25, 0.3) is 0 Å². The normalized spacial score (nSPS) is 10.4. The van der Waals surface area contributed by atoms with Crippen LogP contribution in [-0.2, 0) is 6.18 Å². The number of alkyl halides is 3. The number of rotatable bonds is 3. The molecule has 0 spiro atoms. The minimum absolute atomic E-state index is 0.000139. The summed E-state index contributed by atoms with van der Waals surface area (Å²) in [6.07, 6.45) is -3.96. The lowest BCUT2D eigenvalue weighted by Gasteiger charge is -2.11. The van der Waals surface area contributed by atoms with Crippen molar-refractivity contribution in [3.63, 3.8) is 0 Å². The van der Waals surface area contributed by atoms with Gasteiger partial charge in [0.15, 0.2) is 0 Å². The highest BCUT2D eigenvalue weighted by molar-refractivity contribution is 5.50. The van der Waals surface area contributed by atoms with E-state index in [-0.39, 0.29) is 5.69 Å². The second-order valence-corrected chi connectivity index (χ2v) is 3.27. The lowest BCUT2D eigenvalue weighted by atomic mass is 10.2. The third-order valence-corrected chi connectivity index (χ3v) is 2.03. The molecule has 0 saturated carbocycles. The van der Waals surface area contributed by atoms with Crippen molar-refractivity contribution in [2.45, 2.75) is 33.4 Å². The summed E-state index contributed by atoms with van der Waals surface area (Å²) in [7, 11) is 0. The molecule has 0 unspecified atom stereocenters. The first kappa shape index (κ1) is 16.5. The van der Waals surface area contributed by atoms with Crippen molar-refractivity contribution in [2.75, 3.05) is 5.32 Å². The maximum Gasteiger partial charge on any atom is 0.416 e. The second-order valence-electron chi connectivity index (χ2n) is 3.27. The minimum Gasteiger partial charge on any atom is -0.357 e. The fraction of sp³-hybridized carbons (Fsp3) is 0.385. The molecule has 1 aromatic carbocycles. The van der Waals surface area contributed by atoms with Gasteiger partial charge >= 0.3 is 6.18 Å². The van der Waals surface area contributed by atoms with E-state index in [1.165, 1.54) is 0 Å². The molecule has 1 nitrogen and oxygen atoms in total. The van der Waals surface area contributed by atoms with Crippen molar-refractivity contribution >= 4 is 5.69 Å². The van der Waals surface area contributed by atoms with Crippen LogP contribution in [0.2, 0.25) is 0 Å². The first-order valence-corrected chi connectivity index (χ1v) is 5.66. The average molecular weight is 263 g/mol. The highest BCUT2D eigenvalue weighted by atomic mass is 19.4. The monoisotopic (exact) mass is 263 g/mol. The van der Waals surface area contributed by atoms with Crippen molar-refractivity contribution in [3.8, 4) is 0 Å². The van der Waals surface area contributed by atoms with Crippen molar-refractivity contribution in [1.82, 2.24) is 0 Å². The van der Waals surface area contributed by atoms with Gasteiger partial charge in [-0.05, 0) is 24.6 Å². The summed E-state index contributed by atoms with van der Waals surface area (Å²) in [5.74, 6) is -0.940. The van der Waals surface area contributed by atoms with Crippen LogP contribution in [0.3, 0.4) is 0 Å². The number of halogens is 4. The molecule has 18 heavy (non-hydrogen) atoms. The zero-order valence-electron chi connectivity index (χ0n) is 10.7. The quantitative estimate of drug-likeness (QED) is 0.738. The Bertz CT molecular complexity index is 396. The predicted molar refractivity (Wildman–Crippen MR) is 65.8 cm³/mol. The Hall–Kier alpha value is -1.52. The van der Waals surface area contributed by atoms with Gasteiger partial charge in [0.2, 0.25) is 0 Å². The van der Waals surface area contributed by atoms with Gasteiger partial charge in [-0.2, -0.15) is 13.2 Å². The van der Waals surface area contributed by atoms with Crippen LogP contribution in [0.5, 0.6) is 0 Å². The SMILES string of the molecule is C=C(CC)Nc1ccc(C(F)(F)F)cc1F.CC. The third kappa shape index (κ3) is 4.77. The zero-order chi connectivity index (χ0) is 14.3. The van der Waals surface area contributed by atoms with Crippen LogP contribution < -0.4 is 5.32 Å². The summed E-state index contributed by atoms with van der Waals surface area (Å²) in [4.78, 5) is 0. The molecule has 0 amide bonds. The molecule has 0 heterocycles. The van der Waals surface area contributed by atoms with Gasteiger partial charge in [0, 0.05) is 5.70 Å². The minimum atomic E-state index is -4.53. The van der Waals surface area contributed by atoms with Crippen LogP contribution in [0.1, 0.15) is 32.8 Å². The van der Waals surface area contributed by atoms with Gasteiger partial charge in [0.05, 0.1) is 11.3 Å². The van der Waals surface area contributed by atoms with Crippen LogP contribution in [-0.4, -0.2) is 0 Å². The maximum atomic E-state index is 13.3. The fourth-order valence-electron chi connectivity index (χ4n) is 1.07. The Balaban J connectivity index is 0.00000137. The molecule has 0 aromatic heterocycles. The second kappa shape index (κ2) is 7.03. The topological polar surface area (TPSA) is 12.0 Å². The van der Waals surface area contributed by atoms with Gasteiger partial charge in [-0.25, -0.2) is 4.39 Å². The maximum absolute atomic E-state index is 13.3. The highest BCUT2D eigenvalue weighted by Crippen LogP contribution is 2.31. The van der Waals surface area contributed by atoms with Crippen molar-refractivity contribution in [3.05, 3.63) is 41.9 Å². The van der Waals surface area contributed by atoms with Gasteiger partial charge in [-0.15, -0.1) is 0 Å². The molecule has 5 heteroatoms. The van der Waals surface area contributed by atoms with Crippen LogP contribution in [0, 0.1) is 5.82 Å². The van der Waals surface area contributed by atoms with Gasteiger partial charge in [0.25, 0.3) is 0 Å². The Morgan fingerprint density at radius 3 is 2.22 bits per heavy atom. The standard InChI is InChI=1S/C11H11F4N.C2H6/c1-3-7(2)16-10-5-4-8(6-9(10)12)11(13,14)15;1-2/h4-6,16H,2-3H2,1H3;1-2H3. The number of hydrogen-bond acceptors (Lipinski definition) is 1. The number of nitrogens with one attached hydrogen (secondary N) is 1. The number of benzene rings is 1. The first-order valence-electron chi connectivity index (χ1n) is 5.66. The summed E-state index contributed by atoms with van der Waals surface area (Å²) in [5, 5.41) is 2.60. The smallest absolute Gasteiger partial charge is 0.357 e. The molecule has 0 aliphatic rings. The largest absolute Gasteiger partial charge is 0.416 e. The van der Waals surface area contributed by atoms with Crippen LogP contribution in [0.4, 0.5) is 23.2 Å². The molecule has 0 atom stereocenters. The summed E-state index contributed by atoms with van der Waals surface area (Å²) < 4.78 is 49.9. The molecule has 1 rings (SSSR count).